The van der Waals surface area contributed by atoms with Gasteiger partial charge in [0.25, 0.3) is 0 Å². The second-order valence-electron chi connectivity index (χ2n) is 12.1. The first kappa shape index (κ1) is 21.5. The Morgan fingerprint density at radius 3 is 2.50 bits per heavy atom. The second-order valence-corrected chi connectivity index (χ2v) is 12.1. The number of ether oxygens (including phenoxy) is 3. The topological polar surface area (TPSA) is 139 Å². The van der Waals surface area contributed by atoms with Crippen LogP contribution in [0.1, 0.15) is 58.4 Å². The predicted octanol–water partition coefficient (Wildman–Crippen LogP) is 0.836. The zero-order valence-electron chi connectivity index (χ0n) is 19.6. The highest BCUT2D eigenvalue weighted by molar-refractivity contribution is 5.97. The smallest absolute Gasteiger partial charge is 0.339 e. The van der Waals surface area contributed by atoms with E-state index in [0.717, 1.165) is 12.0 Å². The van der Waals surface area contributed by atoms with E-state index >= 15 is 0 Å². The van der Waals surface area contributed by atoms with Crippen LogP contribution < -0.4 is 0 Å². The molecule has 0 radical (unpaired) electrons. The molecule has 3 aliphatic carbocycles. The molecule has 1 aromatic rings. The van der Waals surface area contributed by atoms with Crippen molar-refractivity contribution in [3.05, 3.63) is 24.2 Å². The lowest BCUT2D eigenvalue weighted by molar-refractivity contribution is -0.259. The minimum atomic E-state index is -2.27. The third-order valence-electron chi connectivity index (χ3n) is 11.1. The van der Waals surface area contributed by atoms with Crippen molar-refractivity contribution < 1.29 is 43.5 Å². The molecule has 1 unspecified atom stereocenters. The number of aliphatic hydroxyl groups excluding tert-OH is 1. The molecule has 4 heterocycles. The number of Topliss-reactive ketones (excluding diaryl/α,β-unsaturated/α-hetero) is 1. The third kappa shape index (κ3) is 1.79. The molecule has 0 bridgehead atoms. The molecule has 3 N–H and O–H groups in total. The van der Waals surface area contributed by atoms with Gasteiger partial charge in [0.2, 0.25) is 0 Å². The van der Waals surface area contributed by atoms with Crippen molar-refractivity contribution in [1.29, 1.82) is 0 Å². The number of hydrogen-bond acceptors (Lipinski definition) is 9. The molecule has 9 nitrogen and oxygen atoms in total. The highest BCUT2D eigenvalue weighted by atomic mass is 16.6. The summed E-state index contributed by atoms with van der Waals surface area (Å²) in [5.74, 6) is -2.17. The van der Waals surface area contributed by atoms with Crippen LogP contribution in [0.25, 0.3) is 0 Å². The number of rotatable bonds is 1. The summed E-state index contributed by atoms with van der Waals surface area (Å²) in [4.78, 5) is 25.7. The first-order valence-electron chi connectivity index (χ1n) is 12.0. The summed E-state index contributed by atoms with van der Waals surface area (Å²) in [6, 6.07) is 1.94. The van der Waals surface area contributed by atoms with E-state index in [-0.39, 0.29) is 18.4 Å². The van der Waals surface area contributed by atoms with Gasteiger partial charge in [-0.2, -0.15) is 0 Å². The molecule has 7 rings (SSSR count). The number of esters is 1. The lowest BCUT2D eigenvalue weighted by Gasteiger charge is -2.61. The predicted molar refractivity (Wildman–Crippen MR) is 112 cm³/mol. The Kier molecular flexibility index (Phi) is 3.55. The summed E-state index contributed by atoms with van der Waals surface area (Å²) < 4.78 is 23.5. The molecular weight excluding hydrogens is 444 g/mol. The summed E-state index contributed by atoms with van der Waals surface area (Å²) in [5, 5.41) is 35.5. The molecule has 0 aromatic carbocycles. The van der Waals surface area contributed by atoms with Gasteiger partial charge < -0.3 is 33.9 Å². The van der Waals surface area contributed by atoms with Gasteiger partial charge in [-0.15, -0.1) is 0 Å². The van der Waals surface area contributed by atoms with Crippen molar-refractivity contribution in [2.75, 3.05) is 0 Å². The van der Waals surface area contributed by atoms with E-state index in [0.29, 0.717) is 6.42 Å². The molecule has 3 saturated heterocycles. The van der Waals surface area contributed by atoms with E-state index in [1.54, 1.807) is 26.4 Å². The molecular formula is C25H30O9. The Bertz CT molecular complexity index is 1130. The Labute approximate surface area is 196 Å². The fourth-order valence-corrected chi connectivity index (χ4v) is 9.66. The number of aliphatic hydroxyl groups is 3. The molecule has 34 heavy (non-hydrogen) atoms. The number of carbonyl (C=O) groups excluding carboxylic acids is 2. The number of fused-ring (bicyclic) bond motifs is 5. The van der Waals surface area contributed by atoms with E-state index in [9.17, 15) is 24.9 Å². The Morgan fingerprint density at radius 1 is 1.09 bits per heavy atom. The monoisotopic (exact) mass is 474 g/mol. The Morgan fingerprint density at radius 2 is 1.82 bits per heavy atom. The van der Waals surface area contributed by atoms with Gasteiger partial charge in [0, 0.05) is 23.2 Å². The number of hydrogen-bond donors (Lipinski definition) is 3. The van der Waals surface area contributed by atoms with E-state index in [1.807, 2.05) is 6.07 Å². The van der Waals surface area contributed by atoms with Crippen molar-refractivity contribution >= 4 is 11.8 Å². The maximum absolute atomic E-state index is 13.2. The Balaban J connectivity index is 1.40. The van der Waals surface area contributed by atoms with Gasteiger partial charge in [0.1, 0.15) is 5.60 Å². The summed E-state index contributed by atoms with van der Waals surface area (Å²) in [7, 11) is 0. The average Bonchev–Trinajstić information content (AvgIpc) is 3.00. The molecule has 6 aliphatic rings. The van der Waals surface area contributed by atoms with Crippen LogP contribution >= 0.6 is 0 Å². The molecule has 3 saturated carbocycles. The fourth-order valence-electron chi connectivity index (χ4n) is 9.66. The second kappa shape index (κ2) is 5.62. The number of furan rings is 1. The van der Waals surface area contributed by atoms with Crippen LogP contribution in [-0.4, -0.2) is 73.9 Å². The zero-order valence-corrected chi connectivity index (χ0v) is 19.6. The van der Waals surface area contributed by atoms with Gasteiger partial charge in [0.15, 0.2) is 23.1 Å². The molecule has 0 amide bonds. The highest BCUT2D eigenvalue weighted by Gasteiger charge is 2.91. The van der Waals surface area contributed by atoms with Crippen LogP contribution in [0, 0.1) is 16.7 Å². The highest BCUT2D eigenvalue weighted by Crippen LogP contribution is 2.79. The third-order valence-corrected chi connectivity index (χ3v) is 11.1. The van der Waals surface area contributed by atoms with Crippen molar-refractivity contribution in [2.24, 2.45) is 16.7 Å². The van der Waals surface area contributed by atoms with Crippen molar-refractivity contribution in [1.82, 2.24) is 0 Å². The van der Waals surface area contributed by atoms with Crippen LogP contribution in [0.15, 0.2) is 23.0 Å². The van der Waals surface area contributed by atoms with Crippen LogP contribution in [0.3, 0.4) is 0 Å². The van der Waals surface area contributed by atoms with Crippen molar-refractivity contribution in [2.45, 2.75) is 99.7 Å². The van der Waals surface area contributed by atoms with Gasteiger partial charge in [-0.1, -0.05) is 13.8 Å². The number of ketones is 1. The lowest BCUT2D eigenvalue weighted by atomic mass is 9.43. The van der Waals surface area contributed by atoms with Gasteiger partial charge in [-0.25, -0.2) is 4.79 Å². The van der Waals surface area contributed by atoms with Gasteiger partial charge >= 0.3 is 5.97 Å². The standard InChI is InChI=1S/C25H30O9/c1-20-9-13-17(22(3,29)25(20)16(33-25)7-12(20)11-5-6-31-10-11)21(2)15(32-13)8-14(26)23(4)24(21,30)18(27)19(28)34-23/h5-6,10,12-13,15-18,27,29-30H,7-9H2,1-4H3/t12-,13+,15-,16+,17?,18-,20-,21+,22+,23-,24-,25+/m0/s1. The zero-order chi connectivity index (χ0) is 24.3. The lowest BCUT2D eigenvalue weighted by Crippen LogP contribution is -2.78. The Hall–Kier alpha value is -1.78. The van der Waals surface area contributed by atoms with Gasteiger partial charge in [-0.3, -0.25) is 4.79 Å². The summed E-state index contributed by atoms with van der Waals surface area (Å²) >= 11 is 0. The van der Waals surface area contributed by atoms with E-state index in [2.05, 4.69) is 6.92 Å². The molecule has 9 heteroatoms. The summed E-state index contributed by atoms with van der Waals surface area (Å²) in [6.07, 6.45) is 1.09. The largest absolute Gasteiger partial charge is 0.472 e. The van der Waals surface area contributed by atoms with E-state index in [1.165, 1.54) is 6.92 Å². The molecule has 3 aliphatic heterocycles. The van der Waals surface area contributed by atoms with Crippen LogP contribution in [0.2, 0.25) is 0 Å². The molecule has 1 aromatic heterocycles. The summed E-state index contributed by atoms with van der Waals surface area (Å²) in [6.45, 7) is 6.90. The van der Waals surface area contributed by atoms with Crippen molar-refractivity contribution in [3.8, 4) is 0 Å². The van der Waals surface area contributed by atoms with E-state index < -0.39 is 69.2 Å². The normalized spacial score (nSPS) is 61.3. The maximum Gasteiger partial charge on any atom is 0.339 e. The molecule has 6 fully saturated rings. The van der Waals surface area contributed by atoms with Crippen LogP contribution in [0.4, 0.5) is 0 Å². The molecule has 12 atom stereocenters. The quantitative estimate of drug-likeness (QED) is 0.399. The minimum Gasteiger partial charge on any atom is -0.472 e. The minimum absolute atomic E-state index is 0.0772. The SMILES string of the molecule is C[C@@]12OC(=O)[C@H](O)[C@]1(O)[C@@]1(C)C3[C@@H](C[C@@]4(C)[C@H](c5ccoc5)C[C@H]5O[C@]54[C@]3(C)O)O[C@H]1CC2=O. The number of carbonyl (C=O) groups is 2. The van der Waals surface area contributed by atoms with Crippen LogP contribution in [0.5, 0.6) is 0 Å². The van der Waals surface area contributed by atoms with Gasteiger partial charge in [-0.05, 0) is 44.2 Å². The van der Waals surface area contributed by atoms with Crippen LogP contribution in [-0.2, 0) is 23.8 Å². The first-order valence-corrected chi connectivity index (χ1v) is 12.0. The molecule has 184 valence electrons. The fraction of sp³-hybridized carbons (Fsp3) is 0.760. The maximum atomic E-state index is 13.2. The summed E-state index contributed by atoms with van der Waals surface area (Å²) in [5.41, 5.74) is -7.38. The average molecular weight is 475 g/mol. The first-order chi connectivity index (χ1) is 15.8. The number of epoxide rings is 1. The molecule has 1 spiro atoms. The van der Waals surface area contributed by atoms with E-state index in [4.69, 9.17) is 18.6 Å². The van der Waals surface area contributed by atoms with Gasteiger partial charge in [0.05, 0.1) is 36.4 Å². The van der Waals surface area contributed by atoms with Crippen molar-refractivity contribution in [3.63, 3.8) is 0 Å².